The van der Waals surface area contributed by atoms with Gasteiger partial charge in [-0.3, -0.25) is 4.79 Å². The van der Waals surface area contributed by atoms with E-state index in [1.807, 2.05) is 12.1 Å². The summed E-state index contributed by atoms with van der Waals surface area (Å²) in [5, 5.41) is 3.10. The predicted octanol–water partition coefficient (Wildman–Crippen LogP) is 2.46. The number of amides is 1. The molecule has 8 heteroatoms. The normalized spacial score (nSPS) is 10.2. The number of halogens is 1. The Morgan fingerprint density at radius 2 is 1.81 bits per heavy atom. The summed E-state index contributed by atoms with van der Waals surface area (Å²) in [5.74, 6) is 0.171. The Morgan fingerprint density at radius 3 is 2.48 bits per heavy atom. The van der Waals surface area contributed by atoms with E-state index in [-0.39, 0.29) is 11.3 Å². The summed E-state index contributed by atoms with van der Waals surface area (Å²) in [6.45, 7) is -0.0121. The molecule has 2 aromatic rings. The third kappa shape index (κ3) is 5.79. The molecule has 0 spiro atoms. The van der Waals surface area contributed by atoms with Crippen LogP contribution < -0.4 is 20.5 Å². The third-order valence-corrected chi connectivity index (χ3v) is 3.99. The lowest BCUT2D eigenvalue weighted by Gasteiger charge is -2.10. The molecule has 0 aliphatic heterocycles. The lowest BCUT2D eigenvalue weighted by molar-refractivity contribution is -0.124. The minimum Gasteiger partial charge on any atom is -0.493 e. The van der Waals surface area contributed by atoms with Crippen LogP contribution in [-0.4, -0.2) is 39.2 Å². The molecule has 0 atom stereocenters. The maximum absolute atomic E-state index is 12.0. The zero-order chi connectivity index (χ0) is 19.8. The average molecular weight is 393 g/mol. The van der Waals surface area contributed by atoms with Crippen LogP contribution in [0, 0.1) is 0 Å². The first-order valence-electron chi connectivity index (χ1n) is 8.14. The Morgan fingerprint density at radius 1 is 1.07 bits per heavy atom. The van der Waals surface area contributed by atoms with Gasteiger partial charge >= 0.3 is 5.97 Å². The topological polar surface area (TPSA) is 99.9 Å². The number of esters is 1. The molecular formula is C19H21ClN2O5. The van der Waals surface area contributed by atoms with E-state index in [2.05, 4.69) is 5.32 Å². The molecule has 27 heavy (non-hydrogen) atoms. The fourth-order valence-electron chi connectivity index (χ4n) is 2.36. The number of benzene rings is 2. The largest absolute Gasteiger partial charge is 0.493 e. The molecular weight excluding hydrogens is 372 g/mol. The number of methoxy groups -OCH3 is 2. The van der Waals surface area contributed by atoms with Gasteiger partial charge < -0.3 is 25.3 Å². The summed E-state index contributed by atoms with van der Waals surface area (Å²) in [6, 6.07) is 9.95. The molecule has 7 nitrogen and oxygen atoms in total. The first-order chi connectivity index (χ1) is 12.9. The molecule has 0 radical (unpaired) electrons. The summed E-state index contributed by atoms with van der Waals surface area (Å²) in [5.41, 5.74) is 7.04. The summed E-state index contributed by atoms with van der Waals surface area (Å²) < 4.78 is 15.4. The van der Waals surface area contributed by atoms with Crippen LogP contribution in [-0.2, 0) is 16.0 Å². The number of ether oxygens (including phenoxy) is 3. The number of nitrogens with one attached hydrogen (secondary N) is 1. The van der Waals surface area contributed by atoms with Gasteiger partial charge in [0.1, 0.15) is 0 Å². The van der Waals surface area contributed by atoms with Gasteiger partial charge in [-0.25, -0.2) is 4.79 Å². The molecule has 0 saturated heterocycles. The Hall–Kier alpha value is -2.93. The van der Waals surface area contributed by atoms with Gasteiger partial charge in [-0.1, -0.05) is 17.7 Å². The molecule has 1 amide bonds. The van der Waals surface area contributed by atoms with Gasteiger partial charge in [0.25, 0.3) is 5.91 Å². The highest BCUT2D eigenvalue weighted by Gasteiger charge is 2.13. The highest BCUT2D eigenvalue weighted by Crippen LogP contribution is 2.27. The van der Waals surface area contributed by atoms with Gasteiger partial charge in [-0.05, 0) is 42.3 Å². The van der Waals surface area contributed by atoms with E-state index in [9.17, 15) is 9.59 Å². The fourth-order valence-corrected chi connectivity index (χ4v) is 2.54. The third-order valence-electron chi connectivity index (χ3n) is 3.75. The number of carbonyl (C=O) groups is 2. The Kier molecular flexibility index (Phi) is 7.31. The smallest absolute Gasteiger partial charge is 0.340 e. The summed E-state index contributed by atoms with van der Waals surface area (Å²) >= 11 is 5.78. The summed E-state index contributed by atoms with van der Waals surface area (Å²) in [6.07, 6.45) is 0.587. The molecule has 0 heterocycles. The van der Waals surface area contributed by atoms with Crippen molar-refractivity contribution >= 4 is 29.2 Å². The average Bonchev–Trinajstić information content (AvgIpc) is 2.66. The molecule has 3 N–H and O–H groups in total. The second-order valence-corrected chi connectivity index (χ2v) is 6.03. The van der Waals surface area contributed by atoms with E-state index in [1.165, 1.54) is 18.2 Å². The van der Waals surface area contributed by atoms with Crippen LogP contribution >= 0.6 is 11.6 Å². The number of hydrogen-bond acceptors (Lipinski definition) is 6. The van der Waals surface area contributed by atoms with Crippen molar-refractivity contribution in [2.45, 2.75) is 6.42 Å². The number of rotatable bonds is 8. The predicted molar refractivity (Wildman–Crippen MR) is 102 cm³/mol. The Bertz CT molecular complexity index is 826. The van der Waals surface area contributed by atoms with E-state index in [0.29, 0.717) is 29.5 Å². The Labute approximate surface area is 162 Å². The maximum Gasteiger partial charge on any atom is 0.340 e. The van der Waals surface area contributed by atoms with E-state index in [1.54, 1.807) is 20.3 Å². The summed E-state index contributed by atoms with van der Waals surface area (Å²) in [7, 11) is 3.13. The van der Waals surface area contributed by atoms with Crippen LogP contribution in [0.15, 0.2) is 36.4 Å². The van der Waals surface area contributed by atoms with Gasteiger partial charge in [0.05, 0.1) is 19.8 Å². The highest BCUT2D eigenvalue weighted by molar-refractivity contribution is 6.31. The molecule has 0 aromatic heterocycles. The molecule has 0 aliphatic carbocycles. The number of anilines is 1. The number of hydrogen-bond donors (Lipinski definition) is 2. The highest BCUT2D eigenvalue weighted by atomic mass is 35.5. The second kappa shape index (κ2) is 9.68. The van der Waals surface area contributed by atoms with Gasteiger partial charge in [0.2, 0.25) is 0 Å². The van der Waals surface area contributed by atoms with Crippen molar-refractivity contribution in [2.24, 2.45) is 0 Å². The monoisotopic (exact) mass is 392 g/mol. The van der Waals surface area contributed by atoms with Crippen molar-refractivity contribution in [3.63, 3.8) is 0 Å². The zero-order valence-electron chi connectivity index (χ0n) is 15.1. The van der Waals surface area contributed by atoms with Crippen molar-refractivity contribution < 1.29 is 23.8 Å². The van der Waals surface area contributed by atoms with Crippen LogP contribution in [0.1, 0.15) is 15.9 Å². The maximum atomic E-state index is 12.0. The van der Waals surface area contributed by atoms with Crippen LogP contribution in [0.4, 0.5) is 5.69 Å². The van der Waals surface area contributed by atoms with Crippen molar-refractivity contribution in [1.82, 2.24) is 5.32 Å². The van der Waals surface area contributed by atoms with E-state index in [0.717, 1.165) is 5.56 Å². The van der Waals surface area contributed by atoms with Crippen molar-refractivity contribution in [3.05, 3.63) is 52.5 Å². The molecule has 2 rings (SSSR count). The molecule has 0 unspecified atom stereocenters. The van der Waals surface area contributed by atoms with E-state index >= 15 is 0 Å². The second-order valence-electron chi connectivity index (χ2n) is 5.60. The number of carbonyl (C=O) groups excluding carboxylic acids is 2. The first-order valence-corrected chi connectivity index (χ1v) is 8.52. The minimum atomic E-state index is -0.681. The number of nitrogens with two attached hydrogens (primary N) is 1. The quantitative estimate of drug-likeness (QED) is 0.528. The van der Waals surface area contributed by atoms with Gasteiger partial charge in [0.15, 0.2) is 18.1 Å². The van der Waals surface area contributed by atoms with E-state index in [4.69, 9.17) is 31.5 Å². The Balaban J connectivity index is 1.78. The molecule has 144 valence electrons. The lowest BCUT2D eigenvalue weighted by atomic mass is 10.1. The van der Waals surface area contributed by atoms with E-state index < -0.39 is 18.5 Å². The molecule has 0 bridgehead atoms. The van der Waals surface area contributed by atoms with Crippen molar-refractivity contribution in [1.29, 1.82) is 0 Å². The van der Waals surface area contributed by atoms with Crippen molar-refractivity contribution in [3.8, 4) is 11.5 Å². The molecule has 0 saturated carbocycles. The lowest BCUT2D eigenvalue weighted by Crippen LogP contribution is -2.30. The molecule has 0 aliphatic rings. The zero-order valence-corrected chi connectivity index (χ0v) is 15.8. The van der Waals surface area contributed by atoms with Gasteiger partial charge in [-0.15, -0.1) is 0 Å². The fraction of sp³-hybridized carbons (Fsp3) is 0.263. The first kappa shape index (κ1) is 20.4. The molecule has 2 aromatic carbocycles. The molecule has 0 fully saturated rings. The van der Waals surface area contributed by atoms with Crippen LogP contribution in [0.25, 0.3) is 0 Å². The summed E-state index contributed by atoms with van der Waals surface area (Å²) in [4.78, 5) is 23.8. The van der Waals surface area contributed by atoms with Crippen LogP contribution in [0.5, 0.6) is 11.5 Å². The minimum absolute atomic E-state index is 0.164. The van der Waals surface area contributed by atoms with Gasteiger partial charge in [0, 0.05) is 17.3 Å². The van der Waals surface area contributed by atoms with Crippen molar-refractivity contribution in [2.75, 3.05) is 33.1 Å². The van der Waals surface area contributed by atoms with Crippen LogP contribution in [0.3, 0.4) is 0 Å². The standard InChI is InChI=1S/C19H21ClN2O5/c1-25-16-6-3-12(9-17(16)26-2)7-8-22-18(23)11-27-19(24)14-5-4-13(20)10-15(14)21/h3-6,9-10H,7-8,11,21H2,1-2H3,(H,22,23). The SMILES string of the molecule is COc1ccc(CCNC(=O)COC(=O)c2ccc(Cl)cc2N)cc1OC. The number of nitrogen functional groups attached to an aromatic ring is 1. The van der Waals surface area contributed by atoms with Gasteiger partial charge in [-0.2, -0.15) is 0 Å². The van der Waals surface area contributed by atoms with Crippen LogP contribution in [0.2, 0.25) is 5.02 Å².